The van der Waals surface area contributed by atoms with Crippen molar-refractivity contribution in [2.45, 2.75) is 19.9 Å². The Kier molecular flexibility index (Phi) is 3.09. The summed E-state index contributed by atoms with van der Waals surface area (Å²) >= 11 is 0. The van der Waals surface area contributed by atoms with E-state index < -0.39 is 6.04 Å². The van der Waals surface area contributed by atoms with E-state index in [2.05, 4.69) is 5.32 Å². The Labute approximate surface area is 82.7 Å². The second kappa shape index (κ2) is 4.11. The molecule has 1 aromatic rings. The van der Waals surface area contributed by atoms with E-state index in [0.717, 1.165) is 0 Å². The van der Waals surface area contributed by atoms with Gasteiger partial charge in [-0.1, -0.05) is 0 Å². The van der Waals surface area contributed by atoms with Crippen molar-refractivity contribution in [3.63, 3.8) is 0 Å². The van der Waals surface area contributed by atoms with E-state index in [0.29, 0.717) is 11.3 Å². The number of nitrogens with one attached hydrogen (secondary N) is 1. The second-order valence-corrected chi connectivity index (χ2v) is 3.28. The van der Waals surface area contributed by atoms with Gasteiger partial charge in [-0.3, -0.25) is 4.79 Å². The zero-order chi connectivity index (χ0) is 10.7. The van der Waals surface area contributed by atoms with E-state index in [9.17, 15) is 9.90 Å². The Morgan fingerprint density at radius 3 is 2.71 bits per heavy atom. The maximum Gasteiger partial charge on any atom is 0.240 e. The molecular weight excluding hydrogens is 180 g/mol. The standard InChI is InChI=1S/C10H14N2O2/c1-6-5-8(3-4-9(6)13)12-10(14)7(2)11/h3-5,7,13H,11H2,1-2H3,(H,12,14)/t7-/m1/s1. The minimum Gasteiger partial charge on any atom is -0.508 e. The van der Waals surface area contributed by atoms with Crippen molar-refractivity contribution in [1.82, 2.24) is 0 Å². The summed E-state index contributed by atoms with van der Waals surface area (Å²) in [5.41, 5.74) is 6.75. The topological polar surface area (TPSA) is 75.4 Å². The first kappa shape index (κ1) is 10.5. The molecule has 0 heterocycles. The normalized spacial score (nSPS) is 12.2. The number of nitrogens with two attached hydrogens (primary N) is 1. The molecule has 1 rings (SSSR count). The molecule has 0 radical (unpaired) electrons. The van der Waals surface area contributed by atoms with Crippen LogP contribution in [0, 0.1) is 6.92 Å². The van der Waals surface area contributed by atoms with Gasteiger partial charge in [-0.05, 0) is 37.6 Å². The maximum absolute atomic E-state index is 11.2. The Morgan fingerprint density at radius 1 is 1.57 bits per heavy atom. The Bertz CT molecular complexity index is 348. The fourth-order valence-electron chi connectivity index (χ4n) is 0.989. The minimum absolute atomic E-state index is 0.212. The molecule has 4 nitrogen and oxygen atoms in total. The van der Waals surface area contributed by atoms with Crippen LogP contribution < -0.4 is 11.1 Å². The second-order valence-electron chi connectivity index (χ2n) is 3.28. The van der Waals surface area contributed by atoms with Crippen LogP contribution in [0.25, 0.3) is 0 Å². The lowest BCUT2D eigenvalue weighted by molar-refractivity contribution is -0.117. The third-order valence-corrected chi connectivity index (χ3v) is 1.88. The Morgan fingerprint density at radius 2 is 2.21 bits per heavy atom. The molecule has 1 amide bonds. The van der Waals surface area contributed by atoms with Crippen molar-refractivity contribution in [3.8, 4) is 5.75 Å². The van der Waals surface area contributed by atoms with Crippen molar-refractivity contribution in [2.75, 3.05) is 5.32 Å². The first-order valence-corrected chi connectivity index (χ1v) is 4.37. The van der Waals surface area contributed by atoms with Gasteiger partial charge < -0.3 is 16.2 Å². The van der Waals surface area contributed by atoms with Gasteiger partial charge in [0.1, 0.15) is 5.75 Å². The number of aryl methyl sites for hydroxylation is 1. The van der Waals surface area contributed by atoms with Gasteiger partial charge in [-0.15, -0.1) is 0 Å². The van der Waals surface area contributed by atoms with Gasteiger partial charge in [0.15, 0.2) is 0 Å². The summed E-state index contributed by atoms with van der Waals surface area (Å²) < 4.78 is 0. The molecule has 0 aliphatic carbocycles. The monoisotopic (exact) mass is 194 g/mol. The molecule has 0 aliphatic rings. The van der Waals surface area contributed by atoms with Crippen LogP contribution in [0.4, 0.5) is 5.69 Å². The van der Waals surface area contributed by atoms with Crippen LogP contribution in [0.15, 0.2) is 18.2 Å². The number of rotatable bonds is 2. The minimum atomic E-state index is -0.538. The van der Waals surface area contributed by atoms with Gasteiger partial charge in [0.2, 0.25) is 5.91 Å². The summed E-state index contributed by atoms with van der Waals surface area (Å²) in [6, 6.07) is 4.31. The van der Waals surface area contributed by atoms with E-state index >= 15 is 0 Å². The summed E-state index contributed by atoms with van der Waals surface area (Å²) in [6.45, 7) is 3.37. The van der Waals surface area contributed by atoms with Crippen LogP contribution in [0.5, 0.6) is 5.75 Å². The Hall–Kier alpha value is -1.55. The summed E-state index contributed by atoms with van der Waals surface area (Å²) in [5, 5.41) is 11.9. The predicted molar refractivity (Wildman–Crippen MR) is 55.1 cm³/mol. The van der Waals surface area contributed by atoms with Crippen molar-refractivity contribution in [1.29, 1.82) is 0 Å². The van der Waals surface area contributed by atoms with Crippen LogP contribution in [-0.2, 0) is 4.79 Å². The number of aromatic hydroxyl groups is 1. The molecular formula is C10H14N2O2. The first-order valence-electron chi connectivity index (χ1n) is 4.37. The van der Waals surface area contributed by atoms with Gasteiger partial charge in [0.25, 0.3) is 0 Å². The number of benzene rings is 1. The highest BCUT2D eigenvalue weighted by molar-refractivity contribution is 5.94. The molecule has 0 spiro atoms. The predicted octanol–water partition coefficient (Wildman–Crippen LogP) is 0.986. The molecule has 0 aromatic heterocycles. The van der Waals surface area contributed by atoms with Gasteiger partial charge >= 0.3 is 0 Å². The summed E-state index contributed by atoms with van der Waals surface area (Å²) in [4.78, 5) is 11.2. The molecule has 76 valence electrons. The zero-order valence-corrected chi connectivity index (χ0v) is 8.24. The third kappa shape index (κ3) is 2.47. The van der Waals surface area contributed by atoms with Crippen molar-refractivity contribution < 1.29 is 9.90 Å². The van der Waals surface area contributed by atoms with Gasteiger partial charge in [0, 0.05) is 5.69 Å². The summed E-state index contributed by atoms with van der Waals surface area (Å²) in [5.74, 6) is -0.0288. The number of carbonyl (C=O) groups is 1. The summed E-state index contributed by atoms with van der Waals surface area (Å²) in [7, 11) is 0. The summed E-state index contributed by atoms with van der Waals surface area (Å²) in [6.07, 6.45) is 0. The van der Waals surface area contributed by atoms with Gasteiger partial charge in [0.05, 0.1) is 6.04 Å². The quantitative estimate of drug-likeness (QED) is 0.614. The lowest BCUT2D eigenvalue weighted by atomic mass is 10.2. The SMILES string of the molecule is Cc1cc(NC(=O)[C@@H](C)N)ccc1O. The highest BCUT2D eigenvalue weighted by atomic mass is 16.3. The highest BCUT2D eigenvalue weighted by Gasteiger charge is 2.07. The number of phenols is 1. The van der Waals surface area contributed by atoms with Crippen LogP contribution in [-0.4, -0.2) is 17.1 Å². The molecule has 1 aromatic carbocycles. The fraction of sp³-hybridized carbons (Fsp3) is 0.300. The number of anilines is 1. The smallest absolute Gasteiger partial charge is 0.240 e. The van der Waals surface area contributed by atoms with Crippen LogP contribution in [0.2, 0.25) is 0 Å². The van der Waals surface area contributed by atoms with E-state index in [1.54, 1.807) is 26.0 Å². The lowest BCUT2D eigenvalue weighted by Crippen LogP contribution is -2.32. The van der Waals surface area contributed by atoms with Crippen LogP contribution >= 0.6 is 0 Å². The Balaban J connectivity index is 2.78. The number of phenolic OH excluding ortho intramolecular Hbond substituents is 1. The molecule has 0 saturated carbocycles. The number of amides is 1. The number of carbonyl (C=O) groups excluding carboxylic acids is 1. The molecule has 14 heavy (non-hydrogen) atoms. The fourth-order valence-corrected chi connectivity index (χ4v) is 0.989. The van der Waals surface area contributed by atoms with Crippen molar-refractivity contribution in [2.24, 2.45) is 5.73 Å². The number of hydrogen-bond donors (Lipinski definition) is 3. The lowest BCUT2D eigenvalue weighted by Gasteiger charge is -2.08. The molecule has 0 bridgehead atoms. The average Bonchev–Trinajstić information content (AvgIpc) is 2.11. The van der Waals surface area contributed by atoms with Crippen molar-refractivity contribution >= 4 is 11.6 Å². The largest absolute Gasteiger partial charge is 0.508 e. The highest BCUT2D eigenvalue weighted by Crippen LogP contribution is 2.19. The van der Waals surface area contributed by atoms with Gasteiger partial charge in [-0.2, -0.15) is 0 Å². The molecule has 0 aliphatic heterocycles. The molecule has 0 saturated heterocycles. The molecule has 4 heteroatoms. The molecule has 0 fully saturated rings. The maximum atomic E-state index is 11.2. The van der Waals surface area contributed by atoms with E-state index in [4.69, 9.17) is 5.73 Å². The first-order chi connectivity index (χ1) is 6.50. The van der Waals surface area contributed by atoms with Crippen molar-refractivity contribution in [3.05, 3.63) is 23.8 Å². The van der Waals surface area contributed by atoms with E-state index in [-0.39, 0.29) is 11.7 Å². The van der Waals surface area contributed by atoms with E-state index in [1.165, 1.54) is 6.07 Å². The molecule has 4 N–H and O–H groups in total. The molecule has 1 atom stereocenters. The van der Waals surface area contributed by atoms with E-state index in [1.807, 2.05) is 0 Å². The van der Waals surface area contributed by atoms with Gasteiger partial charge in [-0.25, -0.2) is 0 Å². The van der Waals surface area contributed by atoms with Crippen LogP contribution in [0.1, 0.15) is 12.5 Å². The third-order valence-electron chi connectivity index (χ3n) is 1.88. The molecule has 0 unspecified atom stereocenters. The van der Waals surface area contributed by atoms with Crippen LogP contribution in [0.3, 0.4) is 0 Å². The number of hydrogen-bond acceptors (Lipinski definition) is 3. The average molecular weight is 194 g/mol. The zero-order valence-electron chi connectivity index (χ0n) is 8.24.